The number of thioether (sulfide) groups is 1. The molecule has 5 heteroatoms. The summed E-state index contributed by atoms with van der Waals surface area (Å²) in [5.41, 5.74) is 0.704. The van der Waals surface area contributed by atoms with Gasteiger partial charge in [0.25, 0.3) is 0 Å². The molecule has 1 aromatic carbocycles. The van der Waals surface area contributed by atoms with Crippen molar-refractivity contribution in [1.82, 2.24) is 0 Å². The second-order valence-electron chi connectivity index (χ2n) is 5.48. The normalized spacial score (nSPS) is 11.2. The monoisotopic (exact) mass is 296 g/mol. The van der Waals surface area contributed by atoms with Crippen molar-refractivity contribution in [2.75, 3.05) is 5.75 Å². The number of hydrogen-bond acceptors (Lipinski definition) is 5. The van der Waals surface area contributed by atoms with Crippen LogP contribution in [0.1, 0.15) is 43.6 Å². The van der Waals surface area contributed by atoms with Crippen molar-refractivity contribution < 1.29 is 19.4 Å². The molecule has 0 bridgehead atoms. The second-order valence-corrected chi connectivity index (χ2v) is 6.46. The molecule has 110 valence electrons. The number of phenols is 1. The third-order valence-corrected chi connectivity index (χ3v) is 3.34. The summed E-state index contributed by atoms with van der Waals surface area (Å²) in [4.78, 5) is 22.8. The van der Waals surface area contributed by atoms with Gasteiger partial charge in [-0.1, -0.05) is 0 Å². The lowest BCUT2D eigenvalue weighted by Crippen LogP contribution is -2.24. The van der Waals surface area contributed by atoms with Crippen LogP contribution in [0, 0.1) is 0 Å². The molecule has 1 rings (SSSR count). The highest BCUT2D eigenvalue weighted by molar-refractivity contribution is 7.99. The minimum Gasteiger partial charge on any atom is -0.508 e. The van der Waals surface area contributed by atoms with E-state index in [4.69, 9.17) is 4.74 Å². The Morgan fingerprint density at radius 1 is 1.30 bits per heavy atom. The Balaban J connectivity index is 2.56. The molecule has 0 unspecified atom stereocenters. The van der Waals surface area contributed by atoms with Gasteiger partial charge in [0.1, 0.15) is 11.4 Å². The van der Waals surface area contributed by atoms with Gasteiger partial charge in [0.2, 0.25) is 0 Å². The molecule has 0 fully saturated rings. The quantitative estimate of drug-likeness (QED) is 0.668. The first kappa shape index (κ1) is 16.6. The van der Waals surface area contributed by atoms with Crippen LogP contribution in [0.2, 0.25) is 0 Å². The zero-order chi connectivity index (χ0) is 15.3. The SMILES string of the molecule is CC(=O)c1ccc(O)c(CSCC(=O)OC(C)(C)C)c1. The maximum Gasteiger partial charge on any atom is 0.316 e. The predicted molar refractivity (Wildman–Crippen MR) is 80.1 cm³/mol. The molecule has 0 aliphatic rings. The van der Waals surface area contributed by atoms with Crippen molar-refractivity contribution >= 4 is 23.5 Å². The molecule has 1 N–H and O–H groups in total. The second kappa shape index (κ2) is 6.79. The average Bonchev–Trinajstić information content (AvgIpc) is 2.28. The molecule has 0 aliphatic heterocycles. The van der Waals surface area contributed by atoms with E-state index >= 15 is 0 Å². The number of aromatic hydroxyl groups is 1. The van der Waals surface area contributed by atoms with E-state index in [0.717, 1.165) is 0 Å². The molecule has 0 spiro atoms. The zero-order valence-electron chi connectivity index (χ0n) is 12.2. The number of ketones is 1. The minimum atomic E-state index is -0.492. The Morgan fingerprint density at radius 2 is 1.95 bits per heavy atom. The van der Waals surface area contributed by atoms with E-state index in [1.807, 2.05) is 20.8 Å². The summed E-state index contributed by atoms with van der Waals surface area (Å²) in [5.74, 6) is 0.451. The van der Waals surface area contributed by atoms with Crippen molar-refractivity contribution in [3.05, 3.63) is 29.3 Å². The molecule has 0 heterocycles. The summed E-state index contributed by atoms with van der Waals surface area (Å²) in [7, 11) is 0. The number of esters is 1. The number of rotatable bonds is 5. The molecule has 0 saturated carbocycles. The minimum absolute atomic E-state index is 0.0524. The lowest BCUT2D eigenvalue weighted by molar-refractivity contribution is -0.151. The molecule has 4 nitrogen and oxygen atoms in total. The fourth-order valence-electron chi connectivity index (χ4n) is 1.54. The standard InChI is InChI=1S/C15H20O4S/c1-10(16)11-5-6-13(17)12(7-11)8-20-9-14(18)19-15(2,3)4/h5-7,17H,8-9H2,1-4H3. The number of benzene rings is 1. The number of hydrogen-bond donors (Lipinski definition) is 1. The lowest BCUT2D eigenvalue weighted by atomic mass is 10.1. The smallest absolute Gasteiger partial charge is 0.316 e. The van der Waals surface area contributed by atoms with E-state index in [1.165, 1.54) is 24.8 Å². The Morgan fingerprint density at radius 3 is 2.50 bits per heavy atom. The molecule has 0 amide bonds. The summed E-state index contributed by atoms with van der Waals surface area (Å²) in [6.07, 6.45) is 0. The van der Waals surface area contributed by atoms with Crippen LogP contribution in [0.5, 0.6) is 5.75 Å². The van der Waals surface area contributed by atoms with Gasteiger partial charge in [0.05, 0.1) is 5.75 Å². The van der Waals surface area contributed by atoms with Gasteiger partial charge in [0, 0.05) is 16.9 Å². The largest absolute Gasteiger partial charge is 0.508 e. The van der Waals surface area contributed by atoms with Gasteiger partial charge in [-0.3, -0.25) is 9.59 Å². The molecule has 0 aliphatic carbocycles. The van der Waals surface area contributed by atoms with Crippen molar-refractivity contribution in [3.63, 3.8) is 0 Å². The zero-order valence-corrected chi connectivity index (χ0v) is 13.0. The van der Waals surface area contributed by atoms with Crippen LogP contribution in [0.4, 0.5) is 0 Å². The molecular weight excluding hydrogens is 276 g/mol. The number of phenolic OH excluding ortho intramolecular Hbond substituents is 1. The van der Waals surface area contributed by atoms with Gasteiger partial charge in [-0.05, 0) is 45.9 Å². The highest BCUT2D eigenvalue weighted by Gasteiger charge is 2.16. The Hall–Kier alpha value is -1.49. The van der Waals surface area contributed by atoms with Crippen LogP contribution in [-0.4, -0.2) is 28.2 Å². The van der Waals surface area contributed by atoms with Crippen LogP contribution in [-0.2, 0) is 15.3 Å². The van der Waals surface area contributed by atoms with Crippen LogP contribution >= 0.6 is 11.8 Å². The van der Waals surface area contributed by atoms with Gasteiger partial charge in [-0.25, -0.2) is 0 Å². The average molecular weight is 296 g/mol. The first-order valence-corrected chi connectivity index (χ1v) is 7.47. The van der Waals surface area contributed by atoms with E-state index in [0.29, 0.717) is 16.9 Å². The van der Waals surface area contributed by atoms with E-state index in [-0.39, 0.29) is 23.3 Å². The topological polar surface area (TPSA) is 63.6 Å². The molecule has 20 heavy (non-hydrogen) atoms. The van der Waals surface area contributed by atoms with Crippen LogP contribution in [0.25, 0.3) is 0 Å². The molecule has 0 aromatic heterocycles. The van der Waals surface area contributed by atoms with Crippen molar-refractivity contribution in [1.29, 1.82) is 0 Å². The number of carbonyl (C=O) groups is 2. The first-order chi connectivity index (χ1) is 9.19. The molecule has 1 aromatic rings. The fourth-order valence-corrected chi connectivity index (χ4v) is 2.31. The third kappa shape index (κ3) is 5.65. The number of Topliss-reactive ketones (excluding diaryl/α,β-unsaturated/α-hetero) is 1. The fraction of sp³-hybridized carbons (Fsp3) is 0.467. The van der Waals surface area contributed by atoms with Crippen LogP contribution in [0.3, 0.4) is 0 Å². The number of carbonyl (C=O) groups excluding carboxylic acids is 2. The van der Waals surface area contributed by atoms with Crippen molar-refractivity contribution in [2.45, 2.75) is 39.0 Å². The van der Waals surface area contributed by atoms with Gasteiger partial charge in [0.15, 0.2) is 5.78 Å². The Labute approximate surface area is 123 Å². The molecule has 0 atom stereocenters. The van der Waals surface area contributed by atoms with Gasteiger partial charge in [-0.15, -0.1) is 11.8 Å². The third-order valence-electron chi connectivity index (χ3n) is 2.38. The Kier molecular flexibility index (Phi) is 5.62. The number of ether oxygens (including phenoxy) is 1. The van der Waals surface area contributed by atoms with Crippen LogP contribution in [0.15, 0.2) is 18.2 Å². The maximum absolute atomic E-state index is 11.5. The summed E-state index contributed by atoms with van der Waals surface area (Å²) >= 11 is 1.34. The molecular formula is C15H20O4S. The highest BCUT2D eigenvalue weighted by atomic mass is 32.2. The Bertz CT molecular complexity index is 503. The van der Waals surface area contributed by atoms with E-state index < -0.39 is 5.60 Å². The van der Waals surface area contributed by atoms with Gasteiger partial charge < -0.3 is 9.84 Å². The lowest BCUT2D eigenvalue weighted by Gasteiger charge is -2.19. The summed E-state index contributed by atoms with van der Waals surface area (Å²) in [6, 6.07) is 4.74. The predicted octanol–water partition coefficient (Wildman–Crippen LogP) is 3.17. The molecule has 0 saturated heterocycles. The van der Waals surface area contributed by atoms with E-state index in [9.17, 15) is 14.7 Å². The molecule has 0 radical (unpaired) electrons. The maximum atomic E-state index is 11.5. The van der Waals surface area contributed by atoms with Gasteiger partial charge >= 0.3 is 5.97 Å². The van der Waals surface area contributed by atoms with E-state index in [2.05, 4.69) is 0 Å². The van der Waals surface area contributed by atoms with Crippen LogP contribution < -0.4 is 0 Å². The summed E-state index contributed by atoms with van der Waals surface area (Å²) in [6.45, 7) is 6.93. The van der Waals surface area contributed by atoms with Gasteiger partial charge in [-0.2, -0.15) is 0 Å². The van der Waals surface area contributed by atoms with Crippen molar-refractivity contribution in [3.8, 4) is 5.75 Å². The highest BCUT2D eigenvalue weighted by Crippen LogP contribution is 2.24. The first-order valence-electron chi connectivity index (χ1n) is 6.31. The summed E-state index contributed by atoms with van der Waals surface area (Å²) in [5, 5.41) is 9.73. The van der Waals surface area contributed by atoms with Crippen molar-refractivity contribution in [2.24, 2.45) is 0 Å². The summed E-state index contributed by atoms with van der Waals surface area (Å²) < 4.78 is 5.19. The van der Waals surface area contributed by atoms with E-state index in [1.54, 1.807) is 12.1 Å².